The van der Waals surface area contributed by atoms with Crippen LogP contribution in [0.15, 0.2) is 27.4 Å². The summed E-state index contributed by atoms with van der Waals surface area (Å²) in [5.74, 6) is 0.141. The fraction of sp³-hybridized carbons (Fsp3) is 0.500. The fourth-order valence-electron chi connectivity index (χ4n) is 3.84. The van der Waals surface area contributed by atoms with Crippen molar-refractivity contribution >= 4 is 17.1 Å². The first kappa shape index (κ1) is 18.6. The van der Waals surface area contributed by atoms with Gasteiger partial charge in [-0.3, -0.25) is 0 Å². The molecule has 2 fully saturated rings. The van der Waals surface area contributed by atoms with Crippen molar-refractivity contribution in [2.75, 3.05) is 0 Å². The average molecular weight is 390 g/mol. The third kappa shape index (κ3) is 2.79. The number of hydrogen-bond donors (Lipinski definition) is 1. The fourth-order valence-corrected chi connectivity index (χ4v) is 3.84. The van der Waals surface area contributed by atoms with Crippen LogP contribution < -0.4 is 10.4 Å². The number of aryl methyl sites for hydroxylation is 1. The van der Waals surface area contributed by atoms with E-state index in [9.17, 15) is 14.7 Å². The Kier molecular flexibility index (Phi) is 4.26. The molecule has 2 aliphatic rings. The van der Waals surface area contributed by atoms with E-state index in [1.54, 1.807) is 19.1 Å². The zero-order valence-electron chi connectivity index (χ0n) is 16.1. The van der Waals surface area contributed by atoms with Crippen LogP contribution in [0.3, 0.4) is 0 Å². The highest BCUT2D eigenvalue weighted by Crippen LogP contribution is 2.43. The number of hydrogen-bond acceptors (Lipinski definition) is 8. The lowest BCUT2D eigenvalue weighted by atomic mass is 9.79. The molecule has 2 aromatic rings. The van der Waals surface area contributed by atoms with Gasteiger partial charge in [-0.2, -0.15) is 0 Å². The molecule has 0 spiro atoms. The Morgan fingerprint density at radius 3 is 2.64 bits per heavy atom. The molecule has 3 heterocycles. The van der Waals surface area contributed by atoms with Gasteiger partial charge in [-0.25, -0.2) is 9.59 Å². The Morgan fingerprint density at radius 2 is 1.93 bits per heavy atom. The van der Waals surface area contributed by atoms with E-state index in [2.05, 4.69) is 0 Å². The Morgan fingerprint density at radius 1 is 1.21 bits per heavy atom. The first-order chi connectivity index (χ1) is 13.2. The van der Waals surface area contributed by atoms with Gasteiger partial charge in [0, 0.05) is 11.5 Å². The zero-order chi connectivity index (χ0) is 20.2. The maximum atomic E-state index is 11.7. The number of aromatic hydroxyl groups is 1. The third-order valence-electron chi connectivity index (χ3n) is 5.93. The molecule has 1 N–H and O–H groups in total. The summed E-state index contributed by atoms with van der Waals surface area (Å²) in [6.07, 6.45) is -2.15. The smallest absolute Gasteiger partial charge is 0.507 e. The number of carbonyl (C=O) groups excluding carboxylic acids is 1. The SMILES string of the molecule is CC[C@]1(C)OC(Oc2ccc3c(O)cc(=O)oc3c2C)[C@@H]2OC(=O)O[C@@H]2[C@H]1C. The van der Waals surface area contributed by atoms with E-state index in [-0.39, 0.29) is 17.3 Å². The standard InChI is InChI=1S/C20H22O8/c1-5-20(4)10(3)16-17(27-19(23)26-16)18(28-20)24-13-7-6-11-12(21)8-14(22)25-15(11)9(13)2/h6-8,10,16-18,21H,5H2,1-4H3/t10-,16-,17-,18?,20+/m1/s1. The zero-order valence-corrected chi connectivity index (χ0v) is 16.1. The molecule has 4 rings (SSSR count). The quantitative estimate of drug-likeness (QED) is 0.629. The molecule has 0 radical (unpaired) electrons. The van der Waals surface area contributed by atoms with E-state index in [1.807, 2.05) is 20.8 Å². The minimum absolute atomic E-state index is 0.0820. The molecule has 28 heavy (non-hydrogen) atoms. The van der Waals surface area contributed by atoms with E-state index >= 15 is 0 Å². The molecule has 1 unspecified atom stereocenters. The van der Waals surface area contributed by atoms with Crippen LogP contribution in [0.2, 0.25) is 0 Å². The summed E-state index contributed by atoms with van der Waals surface area (Å²) in [7, 11) is 0. The maximum absolute atomic E-state index is 11.7. The van der Waals surface area contributed by atoms with Crippen molar-refractivity contribution in [3.8, 4) is 11.5 Å². The third-order valence-corrected chi connectivity index (χ3v) is 5.93. The summed E-state index contributed by atoms with van der Waals surface area (Å²) < 4.78 is 28.2. The van der Waals surface area contributed by atoms with Crippen LogP contribution in [0.5, 0.6) is 11.5 Å². The number of carbonyl (C=O) groups is 1. The second-order valence-corrected chi connectivity index (χ2v) is 7.49. The monoisotopic (exact) mass is 390 g/mol. The Bertz CT molecular complexity index is 996. The first-order valence-electron chi connectivity index (χ1n) is 9.21. The molecule has 2 aliphatic heterocycles. The van der Waals surface area contributed by atoms with E-state index in [0.717, 1.165) is 6.07 Å². The number of benzene rings is 1. The van der Waals surface area contributed by atoms with Gasteiger partial charge < -0.3 is 28.5 Å². The van der Waals surface area contributed by atoms with Gasteiger partial charge in [0.2, 0.25) is 12.4 Å². The van der Waals surface area contributed by atoms with Gasteiger partial charge in [0.05, 0.1) is 17.1 Å². The largest absolute Gasteiger partial charge is 0.509 e. The Balaban J connectivity index is 1.72. The van der Waals surface area contributed by atoms with Gasteiger partial charge >= 0.3 is 11.8 Å². The van der Waals surface area contributed by atoms with Crippen molar-refractivity contribution in [1.82, 2.24) is 0 Å². The Hall–Kier alpha value is -2.74. The van der Waals surface area contributed by atoms with Crippen LogP contribution in [0.1, 0.15) is 32.8 Å². The highest BCUT2D eigenvalue weighted by atomic mass is 16.8. The van der Waals surface area contributed by atoms with Crippen LogP contribution in [-0.2, 0) is 14.2 Å². The molecule has 0 bridgehead atoms. The normalized spacial score (nSPS) is 31.9. The van der Waals surface area contributed by atoms with Crippen LogP contribution in [0, 0.1) is 12.8 Å². The molecule has 1 aromatic carbocycles. The van der Waals surface area contributed by atoms with Crippen LogP contribution in [0.4, 0.5) is 4.79 Å². The van der Waals surface area contributed by atoms with E-state index in [1.165, 1.54) is 0 Å². The van der Waals surface area contributed by atoms with Crippen molar-refractivity contribution in [2.24, 2.45) is 5.92 Å². The maximum Gasteiger partial charge on any atom is 0.509 e. The summed E-state index contributed by atoms with van der Waals surface area (Å²) in [5, 5.41) is 10.4. The van der Waals surface area contributed by atoms with E-state index < -0.39 is 35.9 Å². The summed E-state index contributed by atoms with van der Waals surface area (Å²) in [5.41, 5.74) is -0.492. The van der Waals surface area contributed by atoms with Crippen molar-refractivity contribution in [1.29, 1.82) is 0 Å². The van der Waals surface area contributed by atoms with Gasteiger partial charge in [0.1, 0.15) is 17.1 Å². The summed E-state index contributed by atoms with van der Waals surface area (Å²) in [6, 6.07) is 4.25. The van der Waals surface area contributed by atoms with Crippen molar-refractivity contribution in [3.63, 3.8) is 0 Å². The lowest BCUT2D eigenvalue weighted by Crippen LogP contribution is -2.59. The van der Waals surface area contributed by atoms with E-state index in [0.29, 0.717) is 23.1 Å². The highest BCUT2D eigenvalue weighted by Gasteiger charge is 2.57. The van der Waals surface area contributed by atoms with Crippen LogP contribution >= 0.6 is 0 Å². The van der Waals surface area contributed by atoms with Crippen molar-refractivity contribution in [2.45, 2.75) is 58.2 Å². The summed E-state index contributed by atoms with van der Waals surface area (Å²) >= 11 is 0. The molecule has 1 aromatic heterocycles. The van der Waals surface area contributed by atoms with E-state index in [4.69, 9.17) is 23.4 Å². The first-order valence-corrected chi connectivity index (χ1v) is 9.21. The molecule has 0 saturated carbocycles. The average Bonchev–Trinajstić information content (AvgIpc) is 3.04. The van der Waals surface area contributed by atoms with Gasteiger partial charge in [0.15, 0.2) is 6.10 Å². The molecule has 8 heteroatoms. The minimum Gasteiger partial charge on any atom is -0.507 e. The lowest BCUT2D eigenvalue weighted by Gasteiger charge is -2.46. The van der Waals surface area contributed by atoms with Gasteiger partial charge in [-0.1, -0.05) is 13.8 Å². The topological polar surface area (TPSA) is 104 Å². The van der Waals surface area contributed by atoms with Crippen LogP contribution in [0.25, 0.3) is 11.0 Å². The predicted molar refractivity (Wildman–Crippen MR) is 97.4 cm³/mol. The number of rotatable bonds is 3. The lowest BCUT2D eigenvalue weighted by molar-refractivity contribution is -0.267. The summed E-state index contributed by atoms with van der Waals surface area (Å²) in [4.78, 5) is 23.4. The molecule has 2 saturated heterocycles. The Labute approximate surface area is 160 Å². The second-order valence-electron chi connectivity index (χ2n) is 7.49. The number of ether oxygens (including phenoxy) is 4. The predicted octanol–water partition coefficient (Wildman–Crippen LogP) is 3.25. The molecular formula is C20H22O8. The van der Waals surface area contributed by atoms with Gasteiger partial charge in [0.25, 0.3) is 0 Å². The van der Waals surface area contributed by atoms with Crippen LogP contribution in [-0.4, -0.2) is 35.4 Å². The van der Waals surface area contributed by atoms with Crippen molar-refractivity contribution in [3.05, 3.63) is 34.2 Å². The molecule has 0 amide bonds. The molecule has 150 valence electrons. The van der Waals surface area contributed by atoms with Gasteiger partial charge in [-0.15, -0.1) is 0 Å². The molecule has 5 atom stereocenters. The highest BCUT2D eigenvalue weighted by molar-refractivity contribution is 5.87. The summed E-state index contributed by atoms with van der Waals surface area (Å²) in [6.45, 7) is 7.60. The molecule has 8 nitrogen and oxygen atoms in total. The van der Waals surface area contributed by atoms with Crippen molar-refractivity contribution < 1.29 is 33.3 Å². The van der Waals surface area contributed by atoms with Gasteiger partial charge in [-0.05, 0) is 32.4 Å². The number of fused-ring (bicyclic) bond motifs is 2. The second kappa shape index (κ2) is 6.41. The molecule has 0 aliphatic carbocycles. The minimum atomic E-state index is -0.891. The molecular weight excluding hydrogens is 368 g/mol.